The molecular weight excluding hydrogens is 548 g/mol. The maximum Gasteiger partial charge on any atom is 0.306 e. The standard InChI is InChI=1S/C31H52O11/c1-6-11-16-25(33)38-22-24(40-27(35)18-13-8-3)31(42-29(37)20-15-10-5)30(41-28(36)19-14-9-4)23(21-32)39-26(34)17-12-7-2/h21,23-24,30-31H,6-20,22H2,1-5H3/t23-,24+,30+,31+/m0/s1. The monoisotopic (exact) mass is 600 g/mol. The van der Waals surface area contributed by atoms with Gasteiger partial charge < -0.3 is 23.7 Å². The van der Waals surface area contributed by atoms with Crippen LogP contribution in [0.2, 0.25) is 0 Å². The van der Waals surface area contributed by atoms with E-state index in [1.54, 1.807) is 0 Å². The minimum absolute atomic E-state index is 0.00165. The van der Waals surface area contributed by atoms with E-state index in [4.69, 9.17) is 23.7 Å². The van der Waals surface area contributed by atoms with Gasteiger partial charge in [-0.15, -0.1) is 0 Å². The van der Waals surface area contributed by atoms with Crippen molar-refractivity contribution >= 4 is 36.1 Å². The van der Waals surface area contributed by atoms with E-state index in [1.165, 1.54) is 0 Å². The summed E-state index contributed by atoms with van der Waals surface area (Å²) >= 11 is 0. The normalized spacial score (nSPS) is 13.6. The average Bonchev–Trinajstić information content (AvgIpc) is 2.98. The Balaban J connectivity index is 6.60. The van der Waals surface area contributed by atoms with Gasteiger partial charge in [0.1, 0.15) is 6.61 Å². The first kappa shape index (κ1) is 39.0. The van der Waals surface area contributed by atoms with Crippen molar-refractivity contribution in [3.63, 3.8) is 0 Å². The number of carbonyl (C=O) groups excluding carboxylic acids is 6. The van der Waals surface area contributed by atoms with Crippen LogP contribution >= 0.6 is 0 Å². The van der Waals surface area contributed by atoms with Gasteiger partial charge in [-0.1, -0.05) is 66.7 Å². The molecule has 0 fully saturated rings. The second kappa shape index (κ2) is 24.6. The lowest BCUT2D eigenvalue weighted by Crippen LogP contribution is -2.54. The maximum absolute atomic E-state index is 12.9. The smallest absolute Gasteiger partial charge is 0.306 e. The number of carbonyl (C=O) groups is 6. The van der Waals surface area contributed by atoms with Crippen molar-refractivity contribution in [2.45, 2.75) is 155 Å². The molecule has 0 aliphatic heterocycles. The third-order valence-corrected chi connectivity index (χ3v) is 6.31. The van der Waals surface area contributed by atoms with Gasteiger partial charge >= 0.3 is 29.8 Å². The summed E-state index contributed by atoms with van der Waals surface area (Å²) in [4.78, 5) is 75.6. The quantitative estimate of drug-likeness (QED) is 0.0760. The highest BCUT2D eigenvalue weighted by Crippen LogP contribution is 2.22. The summed E-state index contributed by atoms with van der Waals surface area (Å²) in [6.45, 7) is 8.93. The lowest BCUT2D eigenvalue weighted by molar-refractivity contribution is -0.204. The molecule has 0 N–H and O–H groups in total. The Hall–Kier alpha value is -2.98. The molecule has 0 aliphatic carbocycles. The number of hydrogen-bond acceptors (Lipinski definition) is 11. The summed E-state index contributed by atoms with van der Waals surface area (Å²) < 4.78 is 27.8. The highest BCUT2D eigenvalue weighted by molar-refractivity contribution is 5.75. The largest absolute Gasteiger partial charge is 0.462 e. The maximum atomic E-state index is 12.9. The second-order valence-electron chi connectivity index (χ2n) is 10.2. The predicted molar refractivity (Wildman–Crippen MR) is 154 cm³/mol. The third kappa shape index (κ3) is 17.7. The van der Waals surface area contributed by atoms with Crippen LogP contribution < -0.4 is 0 Å². The summed E-state index contributed by atoms with van der Waals surface area (Å²) in [6, 6.07) is 0. The van der Waals surface area contributed by atoms with Crippen molar-refractivity contribution in [3.05, 3.63) is 0 Å². The van der Waals surface area contributed by atoms with Crippen molar-refractivity contribution in [2.75, 3.05) is 6.61 Å². The first-order valence-electron chi connectivity index (χ1n) is 15.6. The van der Waals surface area contributed by atoms with Gasteiger partial charge in [-0.3, -0.25) is 28.8 Å². The van der Waals surface area contributed by atoms with Crippen LogP contribution in [0.15, 0.2) is 0 Å². The van der Waals surface area contributed by atoms with E-state index in [9.17, 15) is 28.8 Å². The molecule has 0 rings (SSSR count). The molecule has 0 aromatic rings. The predicted octanol–water partition coefficient (Wildman–Crippen LogP) is 5.33. The zero-order valence-corrected chi connectivity index (χ0v) is 26.2. The number of esters is 5. The third-order valence-electron chi connectivity index (χ3n) is 6.31. The SMILES string of the molecule is CCCCC(=O)OC[C@@H](OC(=O)CCCC)[C@@H](OC(=O)CCCC)[C@H](OC(=O)CCCC)[C@H](C=O)OC(=O)CCCC. The second-order valence-corrected chi connectivity index (χ2v) is 10.2. The Bertz CT molecular complexity index is 811. The van der Waals surface area contributed by atoms with Crippen molar-refractivity contribution in [1.29, 1.82) is 0 Å². The fourth-order valence-electron chi connectivity index (χ4n) is 3.76. The minimum atomic E-state index is -1.67. The molecular formula is C31H52O11. The molecule has 11 nitrogen and oxygen atoms in total. The van der Waals surface area contributed by atoms with Gasteiger partial charge in [-0.05, 0) is 32.1 Å². The van der Waals surface area contributed by atoms with Crippen LogP contribution in [0.4, 0.5) is 0 Å². The molecule has 0 heterocycles. The molecule has 0 radical (unpaired) electrons. The number of unbranched alkanes of at least 4 members (excludes halogenated alkanes) is 5. The fraction of sp³-hybridized carbons (Fsp3) is 0.806. The van der Waals surface area contributed by atoms with Crippen LogP contribution in [0.25, 0.3) is 0 Å². The van der Waals surface area contributed by atoms with Crippen molar-refractivity contribution in [2.24, 2.45) is 0 Å². The van der Waals surface area contributed by atoms with E-state index in [2.05, 4.69) is 0 Å². The summed E-state index contributed by atoms with van der Waals surface area (Å²) in [5.74, 6) is -3.34. The fourth-order valence-corrected chi connectivity index (χ4v) is 3.76. The lowest BCUT2D eigenvalue weighted by atomic mass is 10.0. The van der Waals surface area contributed by atoms with E-state index in [-0.39, 0.29) is 38.4 Å². The van der Waals surface area contributed by atoms with Gasteiger partial charge in [0.05, 0.1) is 0 Å². The van der Waals surface area contributed by atoms with Crippen LogP contribution in [-0.4, -0.2) is 67.2 Å². The van der Waals surface area contributed by atoms with Crippen LogP contribution in [-0.2, 0) is 52.5 Å². The van der Waals surface area contributed by atoms with Crippen molar-refractivity contribution < 1.29 is 52.5 Å². The van der Waals surface area contributed by atoms with Crippen LogP contribution in [0.3, 0.4) is 0 Å². The molecule has 0 aromatic carbocycles. The molecule has 0 unspecified atom stereocenters. The first-order chi connectivity index (χ1) is 20.2. The van der Waals surface area contributed by atoms with Gasteiger partial charge in [0.15, 0.2) is 30.7 Å². The zero-order chi connectivity index (χ0) is 31.8. The van der Waals surface area contributed by atoms with Gasteiger partial charge in [0.2, 0.25) is 0 Å². The summed E-state index contributed by atoms with van der Waals surface area (Å²) in [5.41, 5.74) is 0. The number of rotatable bonds is 25. The molecule has 0 saturated heterocycles. The lowest BCUT2D eigenvalue weighted by Gasteiger charge is -2.34. The highest BCUT2D eigenvalue weighted by Gasteiger charge is 2.45. The Morgan fingerprint density at radius 2 is 0.857 bits per heavy atom. The van der Waals surface area contributed by atoms with Gasteiger partial charge in [0, 0.05) is 32.1 Å². The van der Waals surface area contributed by atoms with E-state index >= 15 is 0 Å². The Morgan fingerprint density at radius 1 is 0.500 bits per heavy atom. The molecule has 42 heavy (non-hydrogen) atoms. The van der Waals surface area contributed by atoms with Crippen LogP contribution in [0, 0.1) is 0 Å². The number of ether oxygens (including phenoxy) is 5. The summed E-state index contributed by atoms with van der Waals surface area (Å²) in [7, 11) is 0. The minimum Gasteiger partial charge on any atom is -0.462 e. The highest BCUT2D eigenvalue weighted by atomic mass is 16.6. The Kier molecular flexibility index (Phi) is 22.9. The molecule has 242 valence electrons. The van der Waals surface area contributed by atoms with Crippen molar-refractivity contribution in [3.8, 4) is 0 Å². The topological polar surface area (TPSA) is 149 Å². The molecule has 0 amide bonds. The molecule has 0 bridgehead atoms. The van der Waals surface area contributed by atoms with Gasteiger partial charge in [-0.2, -0.15) is 0 Å². The Labute approximate surface area is 250 Å². The molecule has 11 heteroatoms. The Morgan fingerprint density at radius 3 is 1.26 bits per heavy atom. The zero-order valence-electron chi connectivity index (χ0n) is 26.2. The van der Waals surface area contributed by atoms with Gasteiger partial charge in [0.25, 0.3) is 0 Å². The molecule has 0 aromatic heterocycles. The molecule has 4 atom stereocenters. The van der Waals surface area contributed by atoms with Crippen molar-refractivity contribution in [1.82, 2.24) is 0 Å². The van der Waals surface area contributed by atoms with Gasteiger partial charge in [-0.25, -0.2) is 0 Å². The molecule has 0 saturated carbocycles. The molecule has 0 aliphatic rings. The average molecular weight is 601 g/mol. The van der Waals surface area contributed by atoms with E-state index in [1.807, 2.05) is 34.6 Å². The van der Waals surface area contributed by atoms with Crippen LogP contribution in [0.1, 0.15) is 131 Å². The number of hydrogen-bond donors (Lipinski definition) is 0. The first-order valence-corrected chi connectivity index (χ1v) is 15.6. The van der Waals surface area contributed by atoms with E-state index in [0.29, 0.717) is 57.8 Å². The number of aldehydes is 1. The van der Waals surface area contributed by atoms with E-state index < -0.39 is 60.9 Å². The summed E-state index contributed by atoms with van der Waals surface area (Å²) in [6.07, 6.45) is 0.205. The summed E-state index contributed by atoms with van der Waals surface area (Å²) in [5, 5.41) is 0. The van der Waals surface area contributed by atoms with Crippen LogP contribution in [0.5, 0.6) is 0 Å². The molecule has 0 spiro atoms. The van der Waals surface area contributed by atoms with E-state index in [0.717, 1.165) is 6.42 Å².